The largest absolute Gasteiger partial charge is 0.330 e. The first-order chi connectivity index (χ1) is 9.31. The molecular weight excluding hydrogens is 279 g/mol. The monoisotopic (exact) mass is 302 g/mol. The third kappa shape index (κ3) is 4.26. The van der Waals surface area contributed by atoms with Crippen molar-refractivity contribution in [2.75, 3.05) is 13.1 Å². The lowest BCUT2D eigenvalue weighted by molar-refractivity contribution is 0.465. The van der Waals surface area contributed by atoms with Crippen LogP contribution in [0.1, 0.15) is 30.9 Å². The van der Waals surface area contributed by atoms with Crippen molar-refractivity contribution in [3.63, 3.8) is 0 Å². The fourth-order valence-electron chi connectivity index (χ4n) is 2.31. The fourth-order valence-corrected chi connectivity index (χ4v) is 3.87. The van der Waals surface area contributed by atoms with Gasteiger partial charge >= 0.3 is 0 Å². The first-order valence-corrected chi connectivity index (χ1v) is 8.26. The van der Waals surface area contributed by atoms with Gasteiger partial charge in [-0.1, -0.05) is 13.3 Å². The van der Waals surface area contributed by atoms with E-state index in [1.807, 2.05) is 6.92 Å². The minimum atomic E-state index is -3.62. The maximum absolute atomic E-state index is 13.2. The van der Waals surface area contributed by atoms with Gasteiger partial charge in [-0.2, -0.15) is 0 Å². The maximum atomic E-state index is 13.2. The Balaban J connectivity index is 2.95. The predicted molar refractivity (Wildman–Crippen MR) is 78.5 cm³/mol. The van der Waals surface area contributed by atoms with Gasteiger partial charge in [0, 0.05) is 6.54 Å². The molecule has 0 amide bonds. The van der Waals surface area contributed by atoms with E-state index in [0.29, 0.717) is 24.2 Å². The molecule has 20 heavy (non-hydrogen) atoms. The third-order valence-corrected chi connectivity index (χ3v) is 5.14. The van der Waals surface area contributed by atoms with Crippen LogP contribution < -0.4 is 10.5 Å². The van der Waals surface area contributed by atoms with Gasteiger partial charge in [-0.25, -0.2) is 17.5 Å². The average molecular weight is 302 g/mol. The van der Waals surface area contributed by atoms with Gasteiger partial charge in [-0.15, -0.1) is 0 Å². The lowest BCUT2D eigenvalue weighted by atomic mass is 10.0. The quantitative estimate of drug-likeness (QED) is 0.810. The Hall–Kier alpha value is -0.980. The van der Waals surface area contributed by atoms with Crippen LogP contribution in [0.2, 0.25) is 0 Å². The topological polar surface area (TPSA) is 72.2 Å². The van der Waals surface area contributed by atoms with Crippen molar-refractivity contribution in [3.8, 4) is 0 Å². The van der Waals surface area contributed by atoms with E-state index in [2.05, 4.69) is 4.72 Å². The van der Waals surface area contributed by atoms with Crippen molar-refractivity contribution in [2.24, 2.45) is 11.7 Å². The van der Waals surface area contributed by atoms with Crippen molar-refractivity contribution in [1.29, 1.82) is 0 Å². The summed E-state index contributed by atoms with van der Waals surface area (Å²) in [7, 11) is -3.62. The smallest absolute Gasteiger partial charge is 0.241 e. The van der Waals surface area contributed by atoms with E-state index in [1.165, 1.54) is 12.1 Å². The number of sulfonamides is 1. The summed E-state index contributed by atoms with van der Waals surface area (Å²) < 4.78 is 40.5. The highest BCUT2D eigenvalue weighted by Gasteiger charge is 2.21. The summed E-state index contributed by atoms with van der Waals surface area (Å²) in [5.74, 6) is -0.204. The maximum Gasteiger partial charge on any atom is 0.241 e. The van der Waals surface area contributed by atoms with E-state index in [4.69, 9.17) is 5.73 Å². The van der Waals surface area contributed by atoms with Gasteiger partial charge in [0.15, 0.2) is 0 Å². The molecule has 0 fully saturated rings. The number of halogens is 1. The van der Waals surface area contributed by atoms with Gasteiger partial charge in [0.2, 0.25) is 10.0 Å². The number of rotatable bonds is 7. The van der Waals surface area contributed by atoms with E-state index in [9.17, 15) is 12.8 Å². The molecule has 3 N–H and O–H groups in total. The van der Waals surface area contributed by atoms with E-state index in [0.717, 1.165) is 12.8 Å². The SMILES string of the molecule is CCC(CCN)CNS(=O)(=O)c1c(C)cc(F)cc1C. The molecule has 0 aliphatic carbocycles. The van der Waals surface area contributed by atoms with E-state index >= 15 is 0 Å². The molecule has 1 unspecified atom stereocenters. The molecule has 1 aromatic carbocycles. The molecule has 1 atom stereocenters. The number of hydrogen-bond acceptors (Lipinski definition) is 3. The minimum Gasteiger partial charge on any atom is -0.330 e. The second-order valence-electron chi connectivity index (χ2n) is 5.07. The highest BCUT2D eigenvalue weighted by Crippen LogP contribution is 2.21. The average Bonchev–Trinajstić information content (AvgIpc) is 2.32. The zero-order valence-corrected chi connectivity index (χ0v) is 13.1. The lowest BCUT2D eigenvalue weighted by Crippen LogP contribution is -2.31. The Morgan fingerprint density at radius 3 is 2.30 bits per heavy atom. The Labute approximate surface area is 120 Å². The highest BCUT2D eigenvalue weighted by atomic mass is 32.2. The molecule has 0 aliphatic heterocycles. The second-order valence-corrected chi connectivity index (χ2v) is 6.78. The van der Waals surface area contributed by atoms with Gasteiger partial charge in [-0.3, -0.25) is 0 Å². The van der Waals surface area contributed by atoms with Crippen LogP contribution in [0, 0.1) is 25.6 Å². The summed E-state index contributed by atoms with van der Waals surface area (Å²) >= 11 is 0. The molecule has 0 heterocycles. The fraction of sp³-hybridized carbons (Fsp3) is 0.571. The van der Waals surface area contributed by atoms with Gasteiger partial charge in [0.05, 0.1) is 4.90 Å². The second kappa shape index (κ2) is 7.15. The molecule has 0 saturated heterocycles. The molecule has 1 aromatic rings. The number of aryl methyl sites for hydroxylation is 2. The molecule has 0 radical (unpaired) electrons. The zero-order valence-electron chi connectivity index (χ0n) is 12.2. The van der Waals surface area contributed by atoms with E-state index in [-0.39, 0.29) is 10.8 Å². The van der Waals surface area contributed by atoms with Gasteiger partial charge < -0.3 is 5.73 Å². The molecule has 1 rings (SSSR count). The molecule has 6 heteroatoms. The van der Waals surface area contributed by atoms with E-state index in [1.54, 1.807) is 13.8 Å². The molecule has 114 valence electrons. The normalized spacial score (nSPS) is 13.4. The van der Waals surface area contributed by atoms with Crippen LogP contribution in [-0.2, 0) is 10.0 Å². The molecule has 0 bridgehead atoms. The number of nitrogens with two attached hydrogens (primary N) is 1. The van der Waals surface area contributed by atoms with Crippen molar-refractivity contribution in [3.05, 3.63) is 29.1 Å². The van der Waals surface area contributed by atoms with Crippen LogP contribution in [0.15, 0.2) is 17.0 Å². The van der Waals surface area contributed by atoms with Gasteiger partial charge in [-0.05, 0) is 56.0 Å². The summed E-state index contributed by atoms with van der Waals surface area (Å²) in [6, 6.07) is 2.47. The van der Waals surface area contributed by atoms with Gasteiger partial charge in [0.25, 0.3) is 0 Å². The molecule has 0 aromatic heterocycles. The van der Waals surface area contributed by atoms with Crippen LogP contribution in [0.25, 0.3) is 0 Å². The summed E-state index contributed by atoms with van der Waals surface area (Å²) in [4.78, 5) is 0.168. The van der Waals surface area contributed by atoms with Crippen LogP contribution in [0.4, 0.5) is 4.39 Å². The number of nitrogens with one attached hydrogen (secondary N) is 1. The van der Waals surface area contributed by atoms with Gasteiger partial charge in [0.1, 0.15) is 5.82 Å². The van der Waals surface area contributed by atoms with Crippen LogP contribution in [-0.4, -0.2) is 21.5 Å². The third-order valence-electron chi connectivity index (χ3n) is 3.41. The summed E-state index contributed by atoms with van der Waals surface area (Å²) in [5, 5.41) is 0. The Bertz CT molecular complexity index is 535. The van der Waals surface area contributed by atoms with Crippen LogP contribution in [0.5, 0.6) is 0 Å². The van der Waals surface area contributed by atoms with E-state index < -0.39 is 15.8 Å². The number of hydrogen-bond donors (Lipinski definition) is 2. The predicted octanol–water partition coefficient (Wildman–Crippen LogP) is 2.10. The zero-order chi connectivity index (χ0) is 15.3. The highest BCUT2D eigenvalue weighted by molar-refractivity contribution is 7.89. The molecule has 4 nitrogen and oxygen atoms in total. The summed E-state index contributed by atoms with van der Waals surface area (Å²) in [6.45, 7) is 6.09. The summed E-state index contributed by atoms with van der Waals surface area (Å²) in [5.41, 5.74) is 6.34. The van der Waals surface area contributed by atoms with Crippen molar-refractivity contribution < 1.29 is 12.8 Å². The molecule has 0 spiro atoms. The van der Waals surface area contributed by atoms with Crippen molar-refractivity contribution in [1.82, 2.24) is 4.72 Å². The van der Waals surface area contributed by atoms with Crippen LogP contribution in [0.3, 0.4) is 0 Å². The standard InChI is InChI=1S/C14H23FN2O2S/c1-4-12(5-6-16)9-17-20(18,19)14-10(2)7-13(15)8-11(14)3/h7-8,12,17H,4-6,9,16H2,1-3H3. The first kappa shape index (κ1) is 17.1. The molecule has 0 aliphatic rings. The van der Waals surface area contributed by atoms with Crippen LogP contribution >= 0.6 is 0 Å². The van der Waals surface area contributed by atoms with Crippen molar-refractivity contribution in [2.45, 2.75) is 38.5 Å². The Morgan fingerprint density at radius 2 is 1.85 bits per heavy atom. The first-order valence-electron chi connectivity index (χ1n) is 6.78. The summed E-state index contributed by atoms with van der Waals surface area (Å²) in [6.07, 6.45) is 1.64. The Kier molecular flexibility index (Phi) is 6.10. The molecular formula is C14H23FN2O2S. The minimum absolute atomic E-state index is 0.168. The Morgan fingerprint density at radius 1 is 1.30 bits per heavy atom. The van der Waals surface area contributed by atoms with Crippen molar-refractivity contribution >= 4 is 10.0 Å². The lowest BCUT2D eigenvalue weighted by Gasteiger charge is -2.17. The molecule has 0 saturated carbocycles. The number of benzene rings is 1.